The van der Waals surface area contributed by atoms with Crippen LogP contribution in [0.25, 0.3) is 0 Å². The van der Waals surface area contributed by atoms with Crippen LogP contribution in [-0.4, -0.2) is 54.1 Å². The smallest absolute Gasteiger partial charge is 0.255 e. The van der Waals surface area contributed by atoms with Crippen LogP contribution in [0.1, 0.15) is 15.9 Å². The summed E-state index contributed by atoms with van der Waals surface area (Å²) in [4.78, 5) is 25.0. The Hall–Kier alpha value is -3.14. The Bertz CT molecular complexity index is 779. The van der Waals surface area contributed by atoms with Crippen molar-refractivity contribution in [3.05, 3.63) is 47.7 Å². The molecule has 0 spiro atoms. The van der Waals surface area contributed by atoms with Crippen molar-refractivity contribution in [1.82, 2.24) is 14.9 Å². The van der Waals surface area contributed by atoms with Gasteiger partial charge in [-0.3, -0.25) is 4.79 Å². The quantitative estimate of drug-likeness (QED) is 0.847. The van der Waals surface area contributed by atoms with Gasteiger partial charge in [-0.1, -0.05) is 12.1 Å². The minimum atomic E-state index is -0.113. The van der Waals surface area contributed by atoms with Crippen LogP contribution >= 0.6 is 0 Å². The fourth-order valence-corrected chi connectivity index (χ4v) is 2.65. The van der Waals surface area contributed by atoms with E-state index in [0.29, 0.717) is 49.1 Å². The van der Waals surface area contributed by atoms with E-state index in [0.717, 1.165) is 0 Å². The van der Waals surface area contributed by atoms with Crippen LogP contribution < -0.4 is 9.64 Å². The van der Waals surface area contributed by atoms with E-state index in [1.165, 1.54) is 0 Å². The number of ether oxygens (including phenoxy) is 1. The lowest BCUT2D eigenvalue weighted by atomic mass is 10.1. The van der Waals surface area contributed by atoms with Crippen LogP contribution in [0.4, 0.5) is 5.95 Å². The maximum Gasteiger partial charge on any atom is 0.255 e. The number of hydrogen-bond acceptors (Lipinski definition) is 6. The second kappa shape index (κ2) is 6.96. The fraction of sp³-hybridized carbons (Fsp3) is 0.294. The van der Waals surface area contributed by atoms with Crippen molar-refractivity contribution in [1.29, 1.82) is 5.26 Å². The molecular formula is C17H17N5O2. The molecule has 3 rings (SSSR count). The van der Waals surface area contributed by atoms with Crippen molar-refractivity contribution in [3.8, 4) is 11.9 Å². The van der Waals surface area contributed by atoms with Gasteiger partial charge < -0.3 is 14.5 Å². The highest BCUT2D eigenvalue weighted by atomic mass is 16.5. The molecule has 0 unspecified atom stereocenters. The van der Waals surface area contributed by atoms with Crippen LogP contribution in [0.5, 0.6) is 5.88 Å². The molecule has 7 nitrogen and oxygen atoms in total. The van der Waals surface area contributed by atoms with Gasteiger partial charge in [-0.2, -0.15) is 10.2 Å². The number of amides is 1. The molecule has 0 bridgehead atoms. The lowest BCUT2D eigenvalue weighted by Gasteiger charge is -2.34. The number of nitriles is 1. The van der Waals surface area contributed by atoms with Gasteiger partial charge in [-0.25, -0.2) is 4.98 Å². The predicted octanol–water partition coefficient (Wildman–Crippen LogP) is 1.32. The Morgan fingerprint density at radius 1 is 1.21 bits per heavy atom. The van der Waals surface area contributed by atoms with Crippen LogP contribution in [0.2, 0.25) is 0 Å². The minimum absolute atomic E-state index is 0.113. The summed E-state index contributed by atoms with van der Waals surface area (Å²) in [7, 11) is 1.56. The van der Waals surface area contributed by atoms with Crippen molar-refractivity contribution in [3.63, 3.8) is 0 Å². The van der Waals surface area contributed by atoms with E-state index < -0.39 is 0 Å². The molecule has 1 saturated heterocycles. The number of methoxy groups -OCH3 is 1. The number of anilines is 1. The Labute approximate surface area is 140 Å². The lowest BCUT2D eigenvalue weighted by molar-refractivity contribution is 0.0746. The number of nitrogens with zero attached hydrogens (tertiary/aromatic N) is 5. The molecule has 0 N–H and O–H groups in total. The van der Waals surface area contributed by atoms with Crippen LogP contribution in [0.3, 0.4) is 0 Å². The van der Waals surface area contributed by atoms with Crippen LogP contribution in [0, 0.1) is 11.3 Å². The molecule has 122 valence electrons. The maximum atomic E-state index is 12.6. The van der Waals surface area contributed by atoms with Crippen molar-refractivity contribution < 1.29 is 9.53 Å². The van der Waals surface area contributed by atoms with Gasteiger partial charge in [0.1, 0.15) is 0 Å². The van der Waals surface area contributed by atoms with Gasteiger partial charge in [-0.15, -0.1) is 0 Å². The number of rotatable bonds is 3. The average molecular weight is 323 g/mol. The number of piperazine rings is 1. The zero-order valence-corrected chi connectivity index (χ0v) is 13.3. The molecule has 2 aromatic rings. The summed E-state index contributed by atoms with van der Waals surface area (Å²) in [5, 5.41) is 9.15. The highest BCUT2D eigenvalue weighted by Gasteiger charge is 2.24. The number of aromatic nitrogens is 2. The summed E-state index contributed by atoms with van der Waals surface area (Å²) in [6.07, 6.45) is 1.65. The van der Waals surface area contributed by atoms with Crippen molar-refractivity contribution in [2.75, 3.05) is 38.2 Å². The molecular weight excluding hydrogens is 306 g/mol. The zero-order valence-electron chi connectivity index (χ0n) is 13.3. The molecule has 2 heterocycles. The standard InChI is InChI=1S/C17H17N5O2/c1-24-15-6-7-19-17(20-15)22-10-8-21(9-11-22)16(23)14-5-3-2-4-13(14)12-18/h2-7H,8-11H2,1H3. The number of benzene rings is 1. The Kier molecular flexibility index (Phi) is 4.57. The summed E-state index contributed by atoms with van der Waals surface area (Å²) >= 11 is 0. The number of carbonyl (C=O) groups is 1. The van der Waals surface area contributed by atoms with E-state index in [2.05, 4.69) is 16.0 Å². The van der Waals surface area contributed by atoms with E-state index in [9.17, 15) is 4.79 Å². The van der Waals surface area contributed by atoms with Gasteiger partial charge >= 0.3 is 0 Å². The second-order valence-electron chi connectivity index (χ2n) is 5.34. The first-order valence-electron chi connectivity index (χ1n) is 7.63. The Balaban J connectivity index is 1.68. The molecule has 1 aromatic carbocycles. The molecule has 1 aliphatic rings. The van der Waals surface area contributed by atoms with E-state index in [4.69, 9.17) is 10.00 Å². The normalized spacial score (nSPS) is 14.2. The number of carbonyl (C=O) groups excluding carboxylic acids is 1. The molecule has 7 heteroatoms. The lowest BCUT2D eigenvalue weighted by Crippen LogP contribution is -2.49. The summed E-state index contributed by atoms with van der Waals surface area (Å²) in [6, 6.07) is 10.7. The third kappa shape index (κ3) is 3.13. The van der Waals surface area contributed by atoms with Gasteiger partial charge in [0.25, 0.3) is 5.91 Å². The molecule has 0 atom stereocenters. The molecule has 1 aromatic heterocycles. The molecule has 1 fully saturated rings. The molecule has 0 radical (unpaired) electrons. The first-order chi connectivity index (χ1) is 11.7. The van der Waals surface area contributed by atoms with E-state index in [1.807, 2.05) is 4.90 Å². The Morgan fingerprint density at radius 3 is 2.67 bits per heavy atom. The van der Waals surface area contributed by atoms with Crippen LogP contribution in [0.15, 0.2) is 36.5 Å². The molecule has 24 heavy (non-hydrogen) atoms. The van der Waals surface area contributed by atoms with E-state index in [-0.39, 0.29) is 5.91 Å². The third-order valence-electron chi connectivity index (χ3n) is 3.95. The van der Waals surface area contributed by atoms with Gasteiger partial charge in [0, 0.05) is 38.4 Å². The second-order valence-corrected chi connectivity index (χ2v) is 5.34. The Morgan fingerprint density at radius 2 is 1.96 bits per heavy atom. The first-order valence-corrected chi connectivity index (χ1v) is 7.63. The monoisotopic (exact) mass is 323 g/mol. The van der Waals surface area contributed by atoms with Crippen LogP contribution in [-0.2, 0) is 0 Å². The van der Waals surface area contributed by atoms with Crippen molar-refractivity contribution >= 4 is 11.9 Å². The molecule has 1 aliphatic heterocycles. The SMILES string of the molecule is COc1ccnc(N2CCN(C(=O)c3ccccc3C#N)CC2)n1. The topological polar surface area (TPSA) is 82.4 Å². The predicted molar refractivity (Wildman–Crippen MR) is 87.9 cm³/mol. The maximum absolute atomic E-state index is 12.6. The highest BCUT2D eigenvalue weighted by molar-refractivity contribution is 5.96. The summed E-state index contributed by atoms with van der Waals surface area (Å²) in [6.45, 7) is 2.37. The van der Waals surface area contributed by atoms with E-state index >= 15 is 0 Å². The molecule has 0 aliphatic carbocycles. The third-order valence-corrected chi connectivity index (χ3v) is 3.95. The minimum Gasteiger partial charge on any atom is -0.481 e. The van der Waals surface area contributed by atoms with Gasteiger partial charge in [0.05, 0.1) is 24.3 Å². The van der Waals surface area contributed by atoms with Crippen molar-refractivity contribution in [2.24, 2.45) is 0 Å². The van der Waals surface area contributed by atoms with Gasteiger partial charge in [-0.05, 0) is 12.1 Å². The molecule has 1 amide bonds. The fourth-order valence-electron chi connectivity index (χ4n) is 2.65. The first kappa shape index (κ1) is 15.7. The van der Waals surface area contributed by atoms with Gasteiger partial charge in [0.2, 0.25) is 11.8 Å². The molecule has 0 saturated carbocycles. The summed E-state index contributed by atoms with van der Waals surface area (Å²) < 4.78 is 5.12. The summed E-state index contributed by atoms with van der Waals surface area (Å²) in [5.41, 5.74) is 0.854. The zero-order chi connectivity index (χ0) is 16.9. The van der Waals surface area contributed by atoms with Crippen molar-refractivity contribution in [2.45, 2.75) is 0 Å². The largest absolute Gasteiger partial charge is 0.481 e. The van der Waals surface area contributed by atoms with Gasteiger partial charge in [0.15, 0.2) is 0 Å². The highest BCUT2D eigenvalue weighted by Crippen LogP contribution is 2.17. The average Bonchev–Trinajstić information content (AvgIpc) is 2.67. The summed E-state index contributed by atoms with van der Waals surface area (Å²) in [5.74, 6) is 0.999. The van der Waals surface area contributed by atoms with E-state index in [1.54, 1.807) is 48.5 Å². The number of hydrogen-bond donors (Lipinski definition) is 0.